The molecule has 118 valence electrons. The molecule has 1 unspecified atom stereocenters. The highest BCUT2D eigenvalue weighted by atomic mass is 19.1. The zero-order valence-electron chi connectivity index (χ0n) is 12.5. The largest absolute Gasteiger partial charge is 0.347 e. The van der Waals surface area contributed by atoms with Gasteiger partial charge in [0.15, 0.2) is 0 Å². The Hall–Kier alpha value is -2.83. The Morgan fingerprint density at radius 1 is 1.22 bits per heavy atom. The molecule has 0 aliphatic rings. The minimum atomic E-state index is -0.654. The van der Waals surface area contributed by atoms with Crippen molar-refractivity contribution in [3.8, 4) is 5.82 Å². The van der Waals surface area contributed by atoms with Crippen molar-refractivity contribution in [3.63, 3.8) is 0 Å². The Bertz CT molecular complexity index is 891. The van der Waals surface area contributed by atoms with Crippen molar-refractivity contribution in [3.05, 3.63) is 54.0 Å². The molecule has 23 heavy (non-hydrogen) atoms. The highest BCUT2D eigenvalue weighted by Crippen LogP contribution is 2.25. The Balaban J connectivity index is 2.26. The van der Waals surface area contributed by atoms with Crippen LogP contribution < -0.4 is 5.32 Å². The summed E-state index contributed by atoms with van der Waals surface area (Å²) in [5, 5.41) is 2.72. The second-order valence-electron chi connectivity index (χ2n) is 5.18. The number of carbonyl (C=O) groups is 1. The minimum absolute atomic E-state index is 0.227. The minimum Gasteiger partial charge on any atom is -0.347 e. The Kier molecular flexibility index (Phi) is 3.77. The van der Waals surface area contributed by atoms with E-state index in [9.17, 15) is 13.6 Å². The van der Waals surface area contributed by atoms with E-state index in [0.717, 1.165) is 0 Å². The van der Waals surface area contributed by atoms with Gasteiger partial charge in [-0.3, -0.25) is 9.36 Å². The zero-order valence-corrected chi connectivity index (χ0v) is 12.5. The number of rotatable bonds is 3. The molecule has 1 aromatic carbocycles. The van der Waals surface area contributed by atoms with Crippen LogP contribution >= 0.6 is 0 Å². The predicted molar refractivity (Wildman–Crippen MR) is 81.0 cm³/mol. The highest BCUT2D eigenvalue weighted by Gasteiger charge is 2.20. The molecule has 0 aliphatic heterocycles. The van der Waals surface area contributed by atoms with Gasteiger partial charge in [0, 0.05) is 13.0 Å². The van der Waals surface area contributed by atoms with Gasteiger partial charge in [-0.05, 0) is 31.2 Å². The SMILES string of the molecule is CC(=O)NC(C)c1nc2ccc(F)cc2n1-c1cccc(F)n1. The van der Waals surface area contributed by atoms with E-state index in [1.807, 2.05) is 0 Å². The smallest absolute Gasteiger partial charge is 0.217 e. The zero-order chi connectivity index (χ0) is 16.6. The molecule has 3 rings (SSSR count). The van der Waals surface area contributed by atoms with Gasteiger partial charge in [-0.2, -0.15) is 4.39 Å². The quantitative estimate of drug-likeness (QED) is 0.756. The number of fused-ring (bicyclic) bond motifs is 1. The molecule has 1 atom stereocenters. The molecular formula is C16H14F2N4O. The standard InChI is InChI=1S/C16H14F2N4O/c1-9(19-10(2)23)16-20-12-7-6-11(17)8-13(12)22(16)15-5-3-4-14(18)21-15/h3-9H,1-2H3,(H,19,23). The fourth-order valence-electron chi connectivity index (χ4n) is 2.49. The van der Waals surface area contributed by atoms with Crippen molar-refractivity contribution >= 4 is 16.9 Å². The third kappa shape index (κ3) is 2.90. The molecule has 2 aromatic heterocycles. The summed E-state index contributed by atoms with van der Waals surface area (Å²) in [4.78, 5) is 19.6. The molecule has 3 aromatic rings. The summed E-state index contributed by atoms with van der Waals surface area (Å²) in [5.74, 6) is -0.605. The molecule has 7 heteroatoms. The van der Waals surface area contributed by atoms with Crippen LogP contribution in [0.3, 0.4) is 0 Å². The second kappa shape index (κ2) is 5.75. The predicted octanol–water partition coefficient (Wildman–Crippen LogP) is 2.90. The van der Waals surface area contributed by atoms with E-state index in [0.29, 0.717) is 16.9 Å². The van der Waals surface area contributed by atoms with Crippen LogP contribution in [0.25, 0.3) is 16.9 Å². The monoisotopic (exact) mass is 316 g/mol. The van der Waals surface area contributed by atoms with Gasteiger partial charge in [-0.1, -0.05) is 6.07 Å². The number of benzene rings is 1. The number of nitrogens with zero attached hydrogens (tertiary/aromatic N) is 3. The first kappa shape index (κ1) is 15.1. The van der Waals surface area contributed by atoms with Crippen LogP contribution in [0.15, 0.2) is 36.4 Å². The van der Waals surface area contributed by atoms with Crippen molar-refractivity contribution in [1.82, 2.24) is 19.9 Å². The third-order valence-corrected chi connectivity index (χ3v) is 3.38. The van der Waals surface area contributed by atoms with E-state index in [1.165, 1.54) is 37.3 Å². The van der Waals surface area contributed by atoms with E-state index in [-0.39, 0.29) is 11.7 Å². The van der Waals surface area contributed by atoms with E-state index in [1.54, 1.807) is 17.6 Å². The molecule has 0 saturated carbocycles. The van der Waals surface area contributed by atoms with Gasteiger partial charge in [-0.15, -0.1) is 0 Å². The summed E-state index contributed by atoms with van der Waals surface area (Å²) < 4.78 is 28.7. The average Bonchev–Trinajstić information content (AvgIpc) is 2.85. The molecular weight excluding hydrogens is 302 g/mol. The first-order chi connectivity index (χ1) is 11.0. The second-order valence-corrected chi connectivity index (χ2v) is 5.18. The van der Waals surface area contributed by atoms with Crippen molar-refractivity contribution < 1.29 is 13.6 Å². The third-order valence-electron chi connectivity index (χ3n) is 3.38. The van der Waals surface area contributed by atoms with Gasteiger partial charge in [-0.25, -0.2) is 14.4 Å². The van der Waals surface area contributed by atoms with E-state index in [2.05, 4.69) is 15.3 Å². The molecule has 0 fully saturated rings. The van der Waals surface area contributed by atoms with Crippen LogP contribution in [-0.2, 0) is 4.79 Å². The topological polar surface area (TPSA) is 59.8 Å². The van der Waals surface area contributed by atoms with Crippen LogP contribution in [-0.4, -0.2) is 20.4 Å². The van der Waals surface area contributed by atoms with E-state index in [4.69, 9.17) is 0 Å². The van der Waals surface area contributed by atoms with Gasteiger partial charge in [0.05, 0.1) is 17.1 Å². The van der Waals surface area contributed by atoms with Gasteiger partial charge >= 0.3 is 0 Å². The Morgan fingerprint density at radius 2 is 2.00 bits per heavy atom. The summed E-state index contributed by atoms with van der Waals surface area (Å²) in [7, 11) is 0. The number of hydrogen-bond donors (Lipinski definition) is 1. The number of carbonyl (C=O) groups excluding carboxylic acids is 1. The summed E-state index contributed by atoms with van der Waals surface area (Å²) in [6.45, 7) is 3.14. The fraction of sp³-hybridized carbons (Fsp3) is 0.188. The average molecular weight is 316 g/mol. The Labute approximate surface area is 131 Å². The van der Waals surface area contributed by atoms with Crippen LogP contribution in [0, 0.1) is 11.8 Å². The molecule has 5 nitrogen and oxygen atoms in total. The lowest BCUT2D eigenvalue weighted by molar-refractivity contribution is -0.119. The number of pyridine rings is 1. The maximum Gasteiger partial charge on any atom is 0.217 e. The number of hydrogen-bond acceptors (Lipinski definition) is 3. The molecule has 0 saturated heterocycles. The van der Waals surface area contributed by atoms with Crippen LogP contribution in [0.4, 0.5) is 8.78 Å². The first-order valence-electron chi connectivity index (χ1n) is 7.03. The van der Waals surface area contributed by atoms with Crippen LogP contribution in [0.2, 0.25) is 0 Å². The van der Waals surface area contributed by atoms with Crippen LogP contribution in [0.1, 0.15) is 25.7 Å². The summed E-state index contributed by atoms with van der Waals surface area (Å²) >= 11 is 0. The van der Waals surface area contributed by atoms with E-state index >= 15 is 0 Å². The highest BCUT2D eigenvalue weighted by molar-refractivity contribution is 5.78. The summed E-state index contributed by atoms with van der Waals surface area (Å²) in [5.41, 5.74) is 0.986. The number of halogens is 2. The van der Waals surface area contributed by atoms with Crippen molar-refractivity contribution in [2.24, 2.45) is 0 Å². The molecule has 1 N–H and O–H groups in total. The number of nitrogens with one attached hydrogen (secondary N) is 1. The maximum absolute atomic E-state index is 13.6. The lowest BCUT2D eigenvalue weighted by atomic mass is 10.3. The normalized spacial score (nSPS) is 12.3. The molecule has 1 amide bonds. The lowest BCUT2D eigenvalue weighted by Gasteiger charge is -2.14. The first-order valence-corrected chi connectivity index (χ1v) is 7.03. The molecule has 2 heterocycles. The molecule has 0 bridgehead atoms. The number of aromatic nitrogens is 3. The maximum atomic E-state index is 13.6. The molecule has 0 spiro atoms. The summed E-state index contributed by atoms with van der Waals surface area (Å²) in [6.07, 6.45) is 0. The van der Waals surface area contributed by atoms with Gasteiger partial charge in [0.2, 0.25) is 11.9 Å². The fourth-order valence-corrected chi connectivity index (χ4v) is 2.49. The van der Waals surface area contributed by atoms with Crippen molar-refractivity contribution in [1.29, 1.82) is 0 Å². The summed E-state index contributed by atoms with van der Waals surface area (Å²) in [6, 6.07) is 8.01. The van der Waals surface area contributed by atoms with Crippen molar-refractivity contribution in [2.75, 3.05) is 0 Å². The molecule has 0 radical (unpaired) electrons. The number of amides is 1. The Morgan fingerprint density at radius 3 is 2.70 bits per heavy atom. The van der Waals surface area contributed by atoms with Gasteiger partial charge in [0.1, 0.15) is 17.5 Å². The van der Waals surface area contributed by atoms with Gasteiger partial charge in [0.25, 0.3) is 0 Å². The lowest BCUT2D eigenvalue weighted by Crippen LogP contribution is -2.26. The molecule has 0 aliphatic carbocycles. The van der Waals surface area contributed by atoms with Crippen molar-refractivity contribution in [2.45, 2.75) is 19.9 Å². The van der Waals surface area contributed by atoms with Crippen LogP contribution in [0.5, 0.6) is 0 Å². The number of imidazole rings is 1. The van der Waals surface area contributed by atoms with Gasteiger partial charge < -0.3 is 5.32 Å². The van der Waals surface area contributed by atoms with E-state index < -0.39 is 17.8 Å².